The molecule has 1 fully saturated rings. The van der Waals surface area contributed by atoms with Crippen molar-refractivity contribution >= 4 is 11.8 Å². The number of hydrogen-bond donors (Lipinski definition) is 1. The Morgan fingerprint density at radius 2 is 2.41 bits per heavy atom. The second-order valence-corrected chi connectivity index (χ2v) is 6.29. The zero-order valence-electron chi connectivity index (χ0n) is 11.0. The number of hydrogen-bond acceptors (Lipinski definition) is 4. The summed E-state index contributed by atoms with van der Waals surface area (Å²) in [4.78, 5) is 2.53. The Balaban J connectivity index is 1.97. The zero-order valence-corrected chi connectivity index (χ0v) is 11.8. The highest BCUT2D eigenvalue weighted by molar-refractivity contribution is 7.99. The van der Waals surface area contributed by atoms with Crippen LogP contribution in [0.3, 0.4) is 0 Å². The molecule has 1 N–H and O–H groups in total. The largest absolute Gasteiger partial charge is 0.465 e. The summed E-state index contributed by atoms with van der Waals surface area (Å²) in [5, 5.41) is 3.88. The lowest BCUT2D eigenvalue weighted by Gasteiger charge is -2.30. The van der Waals surface area contributed by atoms with Crippen molar-refractivity contribution in [2.45, 2.75) is 32.2 Å². The Hall–Kier alpha value is -0.450. The van der Waals surface area contributed by atoms with Crippen LogP contribution < -0.4 is 5.32 Å². The maximum absolute atomic E-state index is 5.73. The summed E-state index contributed by atoms with van der Waals surface area (Å²) in [5.41, 5.74) is 1.34. The molecule has 1 aliphatic rings. The van der Waals surface area contributed by atoms with Gasteiger partial charge in [-0.1, -0.05) is 6.92 Å². The molecule has 2 rings (SSSR count). The van der Waals surface area contributed by atoms with E-state index in [1.165, 1.54) is 24.4 Å². The van der Waals surface area contributed by atoms with Gasteiger partial charge in [0.05, 0.1) is 6.54 Å². The molecule has 96 valence electrons. The molecule has 1 aromatic heterocycles. The molecule has 0 radical (unpaired) electrons. The van der Waals surface area contributed by atoms with Gasteiger partial charge in [-0.15, -0.1) is 0 Å². The van der Waals surface area contributed by atoms with Crippen molar-refractivity contribution in [2.75, 3.05) is 25.9 Å². The summed E-state index contributed by atoms with van der Waals surface area (Å²) in [6.07, 6.45) is 0. The fraction of sp³-hybridized carbons (Fsp3) is 0.692. The van der Waals surface area contributed by atoms with Crippen LogP contribution in [0.5, 0.6) is 0 Å². The second kappa shape index (κ2) is 5.94. The minimum absolute atomic E-state index is 0.757. The third-order valence-corrected chi connectivity index (χ3v) is 4.28. The first-order valence-electron chi connectivity index (χ1n) is 6.25. The topological polar surface area (TPSA) is 28.4 Å². The van der Waals surface area contributed by atoms with Crippen molar-refractivity contribution in [3.63, 3.8) is 0 Å². The smallest absolute Gasteiger partial charge is 0.118 e. The second-order valence-electron chi connectivity index (χ2n) is 4.74. The molecule has 0 saturated carbocycles. The molecule has 1 unspecified atom stereocenters. The zero-order chi connectivity index (χ0) is 12.3. The van der Waals surface area contributed by atoms with E-state index in [1.54, 1.807) is 0 Å². The minimum Gasteiger partial charge on any atom is -0.465 e. The molecule has 1 atom stereocenters. The molecule has 4 heteroatoms. The maximum Gasteiger partial charge on any atom is 0.118 e. The molecule has 1 aliphatic heterocycles. The minimum atomic E-state index is 0.757. The van der Waals surface area contributed by atoms with E-state index in [0.717, 1.165) is 29.9 Å². The van der Waals surface area contributed by atoms with Crippen molar-refractivity contribution in [2.24, 2.45) is 0 Å². The van der Waals surface area contributed by atoms with Gasteiger partial charge in [0.25, 0.3) is 0 Å². The van der Waals surface area contributed by atoms with Crippen LogP contribution in [0.2, 0.25) is 0 Å². The normalized spacial score (nSPS) is 21.9. The van der Waals surface area contributed by atoms with E-state index >= 15 is 0 Å². The van der Waals surface area contributed by atoms with Gasteiger partial charge in [0.15, 0.2) is 0 Å². The lowest BCUT2D eigenvalue weighted by Crippen LogP contribution is -2.36. The Labute approximate surface area is 108 Å². The fourth-order valence-electron chi connectivity index (χ4n) is 2.28. The average Bonchev–Trinajstić information content (AvgIpc) is 2.60. The SMILES string of the molecule is CNCc1cc(CN2CCSC(C)C2)c(C)o1. The fourth-order valence-corrected chi connectivity index (χ4v) is 3.36. The van der Waals surface area contributed by atoms with E-state index in [0.29, 0.717) is 0 Å². The molecule has 0 spiro atoms. The van der Waals surface area contributed by atoms with Crippen molar-refractivity contribution in [3.05, 3.63) is 23.2 Å². The summed E-state index contributed by atoms with van der Waals surface area (Å²) in [6, 6.07) is 2.19. The number of thioether (sulfide) groups is 1. The molecule has 0 amide bonds. The molecule has 1 saturated heterocycles. The predicted molar refractivity (Wildman–Crippen MR) is 73.4 cm³/mol. The molecule has 17 heavy (non-hydrogen) atoms. The summed E-state index contributed by atoms with van der Waals surface area (Å²) < 4.78 is 5.73. The van der Waals surface area contributed by atoms with Gasteiger partial charge in [-0.3, -0.25) is 4.90 Å². The van der Waals surface area contributed by atoms with Crippen LogP contribution in [-0.4, -0.2) is 36.0 Å². The number of nitrogens with one attached hydrogen (secondary N) is 1. The van der Waals surface area contributed by atoms with E-state index in [-0.39, 0.29) is 0 Å². The molecule has 0 bridgehead atoms. The quantitative estimate of drug-likeness (QED) is 0.892. The Morgan fingerprint density at radius 3 is 3.12 bits per heavy atom. The summed E-state index contributed by atoms with van der Waals surface area (Å²) in [6.45, 7) is 8.61. The van der Waals surface area contributed by atoms with Gasteiger partial charge >= 0.3 is 0 Å². The molecule has 0 aromatic carbocycles. The van der Waals surface area contributed by atoms with E-state index in [9.17, 15) is 0 Å². The van der Waals surface area contributed by atoms with Crippen LogP contribution >= 0.6 is 11.8 Å². The predicted octanol–water partition coefficient (Wildman–Crippen LogP) is 2.24. The van der Waals surface area contributed by atoms with E-state index in [2.05, 4.69) is 41.9 Å². The van der Waals surface area contributed by atoms with E-state index < -0.39 is 0 Å². The highest BCUT2D eigenvalue weighted by Crippen LogP contribution is 2.22. The van der Waals surface area contributed by atoms with Crippen molar-refractivity contribution in [1.29, 1.82) is 0 Å². The van der Waals surface area contributed by atoms with E-state index in [1.807, 2.05) is 7.05 Å². The van der Waals surface area contributed by atoms with Gasteiger partial charge in [0, 0.05) is 36.2 Å². The maximum atomic E-state index is 5.73. The highest BCUT2D eigenvalue weighted by Gasteiger charge is 2.18. The number of furan rings is 1. The average molecular weight is 254 g/mol. The number of nitrogens with zero attached hydrogens (tertiary/aromatic N) is 1. The lowest BCUT2D eigenvalue weighted by atomic mass is 10.2. The van der Waals surface area contributed by atoms with Gasteiger partial charge in [-0.25, -0.2) is 0 Å². The molecular weight excluding hydrogens is 232 g/mol. The van der Waals surface area contributed by atoms with Gasteiger partial charge < -0.3 is 9.73 Å². The first kappa shape index (κ1) is 13.0. The molecule has 0 aliphatic carbocycles. The van der Waals surface area contributed by atoms with Crippen LogP contribution in [0, 0.1) is 6.92 Å². The van der Waals surface area contributed by atoms with Gasteiger partial charge in [-0.2, -0.15) is 11.8 Å². The van der Waals surface area contributed by atoms with Crippen LogP contribution in [0.1, 0.15) is 24.0 Å². The third kappa shape index (κ3) is 3.50. The standard InChI is InChI=1S/C13H22N2OS/c1-10-8-15(4-5-17-10)9-12-6-13(7-14-3)16-11(12)2/h6,10,14H,4-5,7-9H2,1-3H3. The van der Waals surface area contributed by atoms with Crippen molar-refractivity contribution < 1.29 is 4.42 Å². The lowest BCUT2D eigenvalue weighted by molar-refractivity contribution is 0.276. The van der Waals surface area contributed by atoms with Crippen LogP contribution in [0.4, 0.5) is 0 Å². The Bertz CT molecular complexity index is 364. The van der Waals surface area contributed by atoms with Crippen molar-refractivity contribution in [3.8, 4) is 0 Å². The Kier molecular flexibility index (Phi) is 4.54. The third-order valence-electron chi connectivity index (χ3n) is 3.14. The molecular formula is C13H22N2OS. The molecule has 3 nitrogen and oxygen atoms in total. The highest BCUT2D eigenvalue weighted by atomic mass is 32.2. The van der Waals surface area contributed by atoms with Crippen LogP contribution in [0.25, 0.3) is 0 Å². The molecule has 1 aromatic rings. The van der Waals surface area contributed by atoms with E-state index in [4.69, 9.17) is 4.42 Å². The van der Waals surface area contributed by atoms with Crippen LogP contribution in [0.15, 0.2) is 10.5 Å². The summed E-state index contributed by atoms with van der Waals surface area (Å²) >= 11 is 2.07. The number of aryl methyl sites for hydroxylation is 1. The first-order chi connectivity index (χ1) is 8.19. The monoisotopic (exact) mass is 254 g/mol. The first-order valence-corrected chi connectivity index (χ1v) is 7.30. The van der Waals surface area contributed by atoms with Crippen LogP contribution in [-0.2, 0) is 13.1 Å². The Morgan fingerprint density at radius 1 is 1.59 bits per heavy atom. The van der Waals surface area contributed by atoms with Gasteiger partial charge in [0.2, 0.25) is 0 Å². The van der Waals surface area contributed by atoms with Gasteiger partial charge in [-0.05, 0) is 20.0 Å². The van der Waals surface area contributed by atoms with Gasteiger partial charge in [0.1, 0.15) is 11.5 Å². The molecule has 2 heterocycles. The summed E-state index contributed by atoms with van der Waals surface area (Å²) in [7, 11) is 1.95. The summed E-state index contributed by atoms with van der Waals surface area (Å²) in [5.74, 6) is 3.36. The number of rotatable bonds is 4. The van der Waals surface area contributed by atoms with Crippen molar-refractivity contribution in [1.82, 2.24) is 10.2 Å².